The van der Waals surface area contributed by atoms with Crippen molar-refractivity contribution < 1.29 is 28.8 Å². The second kappa shape index (κ2) is 13.0. The lowest BCUT2D eigenvalue weighted by molar-refractivity contribution is -0.394. The van der Waals surface area contributed by atoms with Crippen molar-refractivity contribution in [3.63, 3.8) is 0 Å². The van der Waals surface area contributed by atoms with Crippen LogP contribution in [0, 0.1) is 20.2 Å². The van der Waals surface area contributed by atoms with Crippen LogP contribution in [-0.4, -0.2) is 90.7 Å². The number of hydrazone groups is 1. The van der Waals surface area contributed by atoms with Gasteiger partial charge in [-0.2, -0.15) is 20.1 Å². The molecule has 2 fully saturated rings. The molecule has 3 heterocycles. The van der Waals surface area contributed by atoms with Crippen molar-refractivity contribution in [1.29, 1.82) is 0 Å². The number of nitro groups is 2. The molecule has 0 spiro atoms. The van der Waals surface area contributed by atoms with E-state index in [1.807, 2.05) is 9.80 Å². The molecular weight excluding hydrogens is 554 g/mol. The van der Waals surface area contributed by atoms with Crippen molar-refractivity contribution in [2.45, 2.75) is 0 Å². The number of nitrogens with one attached hydrogen (secondary N) is 1. The maximum atomic E-state index is 11.5. The van der Waals surface area contributed by atoms with Gasteiger partial charge in [-0.05, 0) is 29.8 Å². The number of anilines is 3. The molecule has 0 unspecified atom stereocenters. The van der Waals surface area contributed by atoms with E-state index >= 15 is 0 Å². The van der Waals surface area contributed by atoms with E-state index in [1.54, 1.807) is 18.2 Å². The van der Waals surface area contributed by atoms with Crippen LogP contribution >= 0.6 is 0 Å². The van der Waals surface area contributed by atoms with Crippen molar-refractivity contribution in [2.24, 2.45) is 5.10 Å². The molecule has 0 bridgehead atoms. The molecule has 17 nitrogen and oxygen atoms in total. The Hall–Kier alpha value is -5.16. The molecule has 1 N–H and O–H groups in total. The normalized spacial score (nSPS) is 15.5. The van der Waals surface area contributed by atoms with Crippen LogP contribution < -0.4 is 24.7 Å². The Morgan fingerprint density at radius 3 is 2.05 bits per heavy atom. The molecule has 3 aromatic rings. The van der Waals surface area contributed by atoms with Crippen molar-refractivity contribution >= 4 is 35.4 Å². The van der Waals surface area contributed by atoms with Gasteiger partial charge >= 0.3 is 5.69 Å². The van der Waals surface area contributed by atoms with Crippen molar-refractivity contribution in [3.8, 4) is 17.2 Å². The monoisotopic (exact) mass is 581 g/mol. The zero-order chi connectivity index (χ0) is 29.5. The van der Waals surface area contributed by atoms with Gasteiger partial charge in [0.25, 0.3) is 5.69 Å². The van der Waals surface area contributed by atoms with E-state index in [4.69, 9.17) is 18.9 Å². The Kier molecular flexibility index (Phi) is 8.78. The number of hydrogen-bond donors (Lipinski definition) is 1. The molecule has 5 rings (SSSR count). The van der Waals surface area contributed by atoms with Gasteiger partial charge in [-0.3, -0.25) is 20.2 Å². The average molecular weight is 582 g/mol. The smallest absolute Gasteiger partial charge is 0.318 e. The first-order valence-corrected chi connectivity index (χ1v) is 12.9. The highest BCUT2D eigenvalue weighted by atomic mass is 16.6. The molecule has 220 valence electrons. The number of aromatic nitrogens is 3. The van der Waals surface area contributed by atoms with E-state index < -0.39 is 21.2 Å². The minimum absolute atomic E-state index is 0.141. The third-order valence-corrected chi connectivity index (χ3v) is 6.34. The summed E-state index contributed by atoms with van der Waals surface area (Å²) in [7, 11) is 1.42. The number of nitrogens with zero attached hydrogens (tertiary/aromatic N) is 8. The third kappa shape index (κ3) is 6.76. The average Bonchev–Trinajstić information content (AvgIpc) is 3.02. The molecule has 0 radical (unpaired) electrons. The zero-order valence-electron chi connectivity index (χ0n) is 22.5. The van der Waals surface area contributed by atoms with Crippen molar-refractivity contribution in [3.05, 3.63) is 62.2 Å². The van der Waals surface area contributed by atoms with Gasteiger partial charge in [0.15, 0.2) is 11.5 Å². The number of rotatable bonds is 10. The Morgan fingerprint density at radius 2 is 1.48 bits per heavy atom. The van der Waals surface area contributed by atoms with Crippen LogP contribution in [-0.2, 0) is 9.47 Å². The number of methoxy groups -OCH3 is 1. The summed E-state index contributed by atoms with van der Waals surface area (Å²) in [6, 6.07) is 7.98. The van der Waals surface area contributed by atoms with E-state index in [0.29, 0.717) is 70.1 Å². The summed E-state index contributed by atoms with van der Waals surface area (Å²) in [6.45, 7) is 4.89. The summed E-state index contributed by atoms with van der Waals surface area (Å²) in [5, 5.41) is 26.9. The highest BCUT2D eigenvalue weighted by molar-refractivity contribution is 5.81. The minimum Gasteiger partial charge on any atom is -0.493 e. The second-order valence-electron chi connectivity index (χ2n) is 9.01. The predicted molar refractivity (Wildman–Crippen MR) is 150 cm³/mol. The lowest BCUT2D eigenvalue weighted by Crippen LogP contribution is -2.40. The summed E-state index contributed by atoms with van der Waals surface area (Å²) < 4.78 is 22.0. The fourth-order valence-electron chi connectivity index (χ4n) is 4.20. The maximum Gasteiger partial charge on any atom is 0.318 e. The molecule has 0 amide bonds. The maximum absolute atomic E-state index is 11.5. The number of nitro benzene ring substituents is 2. The molecule has 2 saturated heterocycles. The summed E-state index contributed by atoms with van der Waals surface area (Å²) >= 11 is 0. The molecule has 2 aliphatic rings. The molecule has 1 aromatic heterocycles. The number of non-ortho nitro benzene ring substituents is 1. The summed E-state index contributed by atoms with van der Waals surface area (Å²) in [5.74, 6) is 1.51. The fraction of sp³-hybridized carbons (Fsp3) is 0.360. The number of hydrogen-bond acceptors (Lipinski definition) is 15. The highest BCUT2D eigenvalue weighted by Crippen LogP contribution is 2.38. The topological polar surface area (TPSA) is 193 Å². The first-order chi connectivity index (χ1) is 20.4. The molecular formula is C25H27N9O8. The van der Waals surface area contributed by atoms with Crippen molar-refractivity contribution in [1.82, 2.24) is 15.0 Å². The fourth-order valence-corrected chi connectivity index (χ4v) is 4.20. The van der Waals surface area contributed by atoms with Crippen LogP contribution in [0.25, 0.3) is 0 Å². The number of ether oxygens (including phenoxy) is 4. The molecule has 17 heteroatoms. The predicted octanol–water partition coefficient (Wildman–Crippen LogP) is 2.61. The lowest BCUT2D eigenvalue weighted by atomic mass is 10.2. The Bertz CT molecular complexity index is 1440. The van der Waals surface area contributed by atoms with Gasteiger partial charge in [0.05, 0.1) is 55.7 Å². The molecule has 2 aliphatic heterocycles. The number of benzene rings is 2. The molecule has 2 aromatic carbocycles. The summed E-state index contributed by atoms with van der Waals surface area (Å²) in [4.78, 5) is 38.9. The minimum atomic E-state index is -0.755. The highest BCUT2D eigenvalue weighted by Gasteiger charge is 2.23. The van der Waals surface area contributed by atoms with E-state index in [2.05, 4.69) is 25.5 Å². The SMILES string of the molecule is COc1ccc(/C=N\Nc2nc(N3CCOCC3)nc(N3CCOCC3)n2)cc1Oc1ccc([N+](=O)[O-])cc1[N+](=O)[O-]. The van der Waals surface area contributed by atoms with Gasteiger partial charge in [-0.25, -0.2) is 5.43 Å². The van der Waals surface area contributed by atoms with Crippen LogP contribution in [0.15, 0.2) is 41.5 Å². The van der Waals surface area contributed by atoms with Gasteiger partial charge in [0, 0.05) is 32.2 Å². The molecule has 0 aliphatic carbocycles. The lowest BCUT2D eigenvalue weighted by Gasteiger charge is -2.30. The molecule has 0 atom stereocenters. The van der Waals surface area contributed by atoms with Crippen molar-refractivity contribution in [2.75, 3.05) is 74.9 Å². The Balaban J connectivity index is 1.37. The van der Waals surface area contributed by atoms with E-state index in [9.17, 15) is 20.2 Å². The molecule has 42 heavy (non-hydrogen) atoms. The van der Waals surface area contributed by atoms with Gasteiger partial charge < -0.3 is 28.7 Å². The summed E-state index contributed by atoms with van der Waals surface area (Å²) in [6.07, 6.45) is 1.49. The zero-order valence-corrected chi connectivity index (χ0v) is 22.5. The second-order valence-corrected chi connectivity index (χ2v) is 9.01. The van der Waals surface area contributed by atoms with Crippen LogP contribution in [0.1, 0.15) is 5.56 Å². The van der Waals surface area contributed by atoms with E-state index in [0.717, 1.165) is 18.2 Å². The Morgan fingerprint density at radius 1 is 0.857 bits per heavy atom. The third-order valence-electron chi connectivity index (χ3n) is 6.34. The van der Waals surface area contributed by atoms with Crippen LogP contribution in [0.5, 0.6) is 17.2 Å². The van der Waals surface area contributed by atoms with Crippen LogP contribution in [0.2, 0.25) is 0 Å². The van der Waals surface area contributed by atoms with Crippen LogP contribution in [0.4, 0.5) is 29.2 Å². The Labute approximate surface area is 239 Å². The van der Waals surface area contributed by atoms with Gasteiger partial charge in [0.2, 0.25) is 23.6 Å². The van der Waals surface area contributed by atoms with E-state index in [1.165, 1.54) is 13.3 Å². The van der Waals surface area contributed by atoms with E-state index in [-0.39, 0.29) is 23.2 Å². The standard InChI is InChI=1S/C25H27N9O8/c1-39-21-4-2-17(14-22(21)42-20-5-3-18(33(35)36)15-19(20)34(37)38)16-26-30-23-27-24(31-6-10-40-11-7-31)29-25(28-23)32-8-12-41-13-9-32/h2-5,14-16H,6-13H2,1H3,(H,27,28,29,30)/b26-16-. The summed E-state index contributed by atoms with van der Waals surface area (Å²) in [5.41, 5.74) is 2.42. The van der Waals surface area contributed by atoms with Crippen LogP contribution in [0.3, 0.4) is 0 Å². The number of morpholine rings is 2. The van der Waals surface area contributed by atoms with Gasteiger partial charge in [-0.1, -0.05) is 0 Å². The van der Waals surface area contributed by atoms with Gasteiger partial charge in [0.1, 0.15) is 0 Å². The first-order valence-electron chi connectivity index (χ1n) is 12.9. The van der Waals surface area contributed by atoms with Gasteiger partial charge in [-0.15, -0.1) is 0 Å². The molecule has 0 saturated carbocycles. The first kappa shape index (κ1) is 28.4. The quantitative estimate of drug-likeness (QED) is 0.208. The largest absolute Gasteiger partial charge is 0.493 e.